The number of aromatic nitrogens is 1. The molecule has 1 aromatic heterocycles. The van der Waals surface area contributed by atoms with Crippen molar-refractivity contribution >= 4 is 29.1 Å². The molecule has 2 atom stereocenters. The van der Waals surface area contributed by atoms with E-state index in [4.69, 9.17) is 23.2 Å². The number of halogens is 2. The Morgan fingerprint density at radius 2 is 1.83 bits per heavy atom. The Labute approximate surface area is 181 Å². The molecule has 29 heavy (non-hydrogen) atoms. The van der Waals surface area contributed by atoms with Gasteiger partial charge in [0, 0.05) is 17.6 Å². The molecule has 3 N–H and O–H groups in total. The maximum atomic E-state index is 12.8. The third kappa shape index (κ3) is 6.41. The minimum absolute atomic E-state index is 0.0333. The van der Waals surface area contributed by atoms with Gasteiger partial charge in [0.25, 0.3) is 5.91 Å². The molecule has 1 aliphatic carbocycles. The zero-order valence-corrected chi connectivity index (χ0v) is 18.2. The molecule has 0 spiro atoms. The molecule has 156 valence electrons. The fraction of sp³-hybridized carbons (Fsp3) is 0.455. The molecule has 0 bridgehead atoms. The highest BCUT2D eigenvalue weighted by Crippen LogP contribution is 2.39. The average molecular weight is 436 g/mol. The van der Waals surface area contributed by atoms with Crippen molar-refractivity contribution in [2.24, 2.45) is 5.92 Å². The van der Waals surface area contributed by atoms with Crippen molar-refractivity contribution in [1.29, 1.82) is 0 Å². The van der Waals surface area contributed by atoms with Gasteiger partial charge in [-0.2, -0.15) is 0 Å². The van der Waals surface area contributed by atoms with Crippen molar-refractivity contribution < 1.29 is 9.90 Å². The monoisotopic (exact) mass is 435 g/mol. The largest absolute Gasteiger partial charge is 0.390 e. The second-order valence-corrected chi connectivity index (χ2v) is 8.99. The van der Waals surface area contributed by atoms with Crippen molar-refractivity contribution in [2.45, 2.75) is 50.8 Å². The summed E-state index contributed by atoms with van der Waals surface area (Å²) in [5.74, 6) is 0.288. The summed E-state index contributed by atoms with van der Waals surface area (Å²) in [7, 11) is 0. The van der Waals surface area contributed by atoms with Gasteiger partial charge in [0.05, 0.1) is 12.1 Å². The number of aliphatic hydroxyl groups excluding tert-OH is 1. The first kappa shape index (κ1) is 22.0. The second-order valence-electron chi connectivity index (χ2n) is 8.22. The van der Waals surface area contributed by atoms with E-state index in [0.717, 1.165) is 5.56 Å². The summed E-state index contributed by atoms with van der Waals surface area (Å²) in [6.45, 7) is 4.70. The summed E-state index contributed by atoms with van der Waals surface area (Å²) in [6.07, 6.45) is 2.17. The Hall–Kier alpha value is -1.66. The zero-order valence-electron chi connectivity index (χ0n) is 16.7. The molecule has 0 radical (unpaired) electrons. The van der Waals surface area contributed by atoms with Crippen LogP contribution in [0.1, 0.15) is 42.6 Å². The molecule has 0 aliphatic heterocycles. The lowest BCUT2D eigenvalue weighted by Crippen LogP contribution is -2.52. The number of pyridine rings is 1. The van der Waals surface area contributed by atoms with Gasteiger partial charge in [-0.1, -0.05) is 53.5 Å². The van der Waals surface area contributed by atoms with Gasteiger partial charge in [-0.15, -0.1) is 0 Å². The SMILES string of the molecule is CC(C)(NC[C@@H](O)[C@H](Cc1ccccc1)NC(=O)c1cc(Cl)nc(Cl)c1)C1CC1. The van der Waals surface area contributed by atoms with Crippen LogP contribution < -0.4 is 10.6 Å². The van der Waals surface area contributed by atoms with Crippen molar-refractivity contribution in [3.05, 3.63) is 63.9 Å². The molecule has 1 aromatic carbocycles. The number of hydrogen-bond donors (Lipinski definition) is 3. The maximum absolute atomic E-state index is 12.8. The highest BCUT2D eigenvalue weighted by atomic mass is 35.5. The molecule has 5 nitrogen and oxygen atoms in total. The first-order chi connectivity index (χ1) is 13.7. The Morgan fingerprint density at radius 1 is 1.21 bits per heavy atom. The van der Waals surface area contributed by atoms with Crippen LogP contribution in [0, 0.1) is 5.92 Å². The minimum atomic E-state index is -0.759. The van der Waals surface area contributed by atoms with Crippen LogP contribution in [0.3, 0.4) is 0 Å². The van der Waals surface area contributed by atoms with E-state index in [1.54, 1.807) is 0 Å². The molecule has 1 heterocycles. The van der Waals surface area contributed by atoms with E-state index in [9.17, 15) is 9.90 Å². The Balaban J connectivity index is 1.71. The lowest BCUT2D eigenvalue weighted by atomic mass is 9.96. The predicted molar refractivity (Wildman–Crippen MR) is 116 cm³/mol. The predicted octanol–water partition coefficient (Wildman–Crippen LogP) is 3.87. The van der Waals surface area contributed by atoms with Gasteiger partial charge >= 0.3 is 0 Å². The fourth-order valence-corrected chi connectivity index (χ4v) is 3.92. The fourth-order valence-electron chi connectivity index (χ4n) is 3.46. The van der Waals surface area contributed by atoms with Gasteiger partial charge in [-0.3, -0.25) is 4.79 Å². The number of benzene rings is 1. The lowest BCUT2D eigenvalue weighted by molar-refractivity contribution is 0.0809. The van der Waals surface area contributed by atoms with E-state index < -0.39 is 12.1 Å². The van der Waals surface area contributed by atoms with Crippen LogP contribution in [-0.2, 0) is 6.42 Å². The molecule has 0 unspecified atom stereocenters. The smallest absolute Gasteiger partial charge is 0.251 e. The van der Waals surface area contributed by atoms with E-state index in [2.05, 4.69) is 29.5 Å². The first-order valence-corrected chi connectivity index (χ1v) is 10.6. The van der Waals surface area contributed by atoms with E-state index in [0.29, 0.717) is 24.4 Å². The lowest BCUT2D eigenvalue weighted by Gasteiger charge is -2.31. The van der Waals surface area contributed by atoms with E-state index in [1.165, 1.54) is 25.0 Å². The summed E-state index contributed by atoms with van der Waals surface area (Å²) in [5, 5.41) is 17.6. The molecule has 1 aliphatic rings. The molecule has 1 amide bonds. The number of hydrogen-bond acceptors (Lipinski definition) is 4. The molecule has 7 heteroatoms. The summed E-state index contributed by atoms with van der Waals surface area (Å²) >= 11 is 11.8. The van der Waals surface area contributed by atoms with Crippen LogP contribution in [0.15, 0.2) is 42.5 Å². The van der Waals surface area contributed by atoms with Gasteiger partial charge in [-0.05, 0) is 56.7 Å². The van der Waals surface area contributed by atoms with Crippen LogP contribution in [0.5, 0.6) is 0 Å². The number of carbonyl (C=O) groups excluding carboxylic acids is 1. The molecule has 1 saturated carbocycles. The van der Waals surface area contributed by atoms with Crippen LogP contribution in [0.2, 0.25) is 10.3 Å². The highest BCUT2D eigenvalue weighted by molar-refractivity contribution is 6.33. The summed E-state index contributed by atoms with van der Waals surface area (Å²) in [6, 6.07) is 12.2. The van der Waals surface area contributed by atoms with E-state index in [-0.39, 0.29) is 21.8 Å². The number of rotatable bonds is 9. The topological polar surface area (TPSA) is 74.2 Å². The third-order valence-electron chi connectivity index (χ3n) is 5.47. The highest BCUT2D eigenvalue weighted by Gasteiger charge is 2.38. The minimum Gasteiger partial charge on any atom is -0.390 e. The van der Waals surface area contributed by atoms with Gasteiger partial charge in [0.15, 0.2) is 0 Å². The van der Waals surface area contributed by atoms with Gasteiger partial charge in [0.1, 0.15) is 10.3 Å². The Morgan fingerprint density at radius 3 is 2.41 bits per heavy atom. The second kappa shape index (κ2) is 9.43. The van der Waals surface area contributed by atoms with Crippen LogP contribution >= 0.6 is 23.2 Å². The van der Waals surface area contributed by atoms with Gasteiger partial charge < -0.3 is 15.7 Å². The van der Waals surface area contributed by atoms with Gasteiger partial charge in [0.2, 0.25) is 0 Å². The standard InChI is InChI=1S/C22H27Cl2N3O2/c1-22(2,16-8-9-16)25-13-18(28)17(10-14-6-4-3-5-7-14)26-21(29)15-11-19(23)27-20(24)12-15/h3-7,11-12,16-18,25,28H,8-10,13H2,1-2H3,(H,26,29)/t17-,18+/m0/s1. The molecular weight excluding hydrogens is 409 g/mol. The number of carbonyl (C=O) groups is 1. The number of aliphatic hydroxyl groups is 1. The van der Waals surface area contributed by atoms with E-state index in [1.807, 2.05) is 30.3 Å². The number of nitrogens with one attached hydrogen (secondary N) is 2. The molecule has 2 aromatic rings. The normalized spacial score (nSPS) is 16.3. The summed E-state index contributed by atoms with van der Waals surface area (Å²) < 4.78 is 0. The molecule has 3 rings (SSSR count). The average Bonchev–Trinajstić information content (AvgIpc) is 3.51. The third-order valence-corrected chi connectivity index (χ3v) is 5.86. The Bertz CT molecular complexity index is 821. The number of amides is 1. The zero-order chi connectivity index (χ0) is 21.0. The van der Waals surface area contributed by atoms with Gasteiger partial charge in [-0.25, -0.2) is 4.98 Å². The quantitative estimate of drug-likeness (QED) is 0.522. The molecular formula is C22H27Cl2N3O2. The van der Waals surface area contributed by atoms with Crippen LogP contribution in [-0.4, -0.2) is 40.2 Å². The summed E-state index contributed by atoms with van der Waals surface area (Å²) in [4.78, 5) is 16.7. The molecule has 0 saturated heterocycles. The van der Waals surface area contributed by atoms with Crippen LogP contribution in [0.4, 0.5) is 0 Å². The van der Waals surface area contributed by atoms with Crippen LogP contribution in [0.25, 0.3) is 0 Å². The Kier molecular flexibility index (Phi) is 7.17. The number of β-amino-alcohol motifs (C(OH)–C–C–N with tert-alkyl or cyclic N) is 1. The van der Waals surface area contributed by atoms with Crippen molar-refractivity contribution in [3.8, 4) is 0 Å². The number of nitrogens with zero attached hydrogens (tertiary/aromatic N) is 1. The van der Waals surface area contributed by atoms with Crippen molar-refractivity contribution in [3.63, 3.8) is 0 Å². The maximum Gasteiger partial charge on any atom is 0.251 e. The summed E-state index contributed by atoms with van der Waals surface area (Å²) in [5.41, 5.74) is 1.31. The molecule has 1 fully saturated rings. The van der Waals surface area contributed by atoms with Crippen molar-refractivity contribution in [1.82, 2.24) is 15.6 Å². The van der Waals surface area contributed by atoms with E-state index >= 15 is 0 Å². The van der Waals surface area contributed by atoms with Crippen molar-refractivity contribution in [2.75, 3.05) is 6.54 Å². The first-order valence-electron chi connectivity index (χ1n) is 9.85.